The van der Waals surface area contributed by atoms with Crippen LogP contribution in [0.15, 0.2) is 18.2 Å². The molecule has 1 aromatic carbocycles. The number of ether oxygens (including phenoxy) is 3. The van der Waals surface area contributed by atoms with E-state index in [-0.39, 0.29) is 38.4 Å². The van der Waals surface area contributed by atoms with Crippen LogP contribution in [0.5, 0.6) is 11.5 Å². The molecule has 2 rings (SSSR count). The van der Waals surface area contributed by atoms with Gasteiger partial charge in [0.05, 0.1) is 13.0 Å². The molecule has 0 spiro atoms. The van der Waals surface area contributed by atoms with Crippen LogP contribution in [0, 0.1) is 0 Å². The lowest BCUT2D eigenvalue weighted by Crippen LogP contribution is -2.16. The second-order valence-corrected chi connectivity index (χ2v) is 5.13. The Labute approximate surface area is 133 Å². The maximum atomic E-state index is 12.0. The number of ketones is 1. The minimum Gasteiger partial charge on any atom is -0.481 e. The van der Waals surface area contributed by atoms with E-state index in [4.69, 9.17) is 19.3 Å². The zero-order valence-corrected chi connectivity index (χ0v) is 12.7. The second kappa shape index (κ2) is 7.62. The summed E-state index contributed by atoms with van der Waals surface area (Å²) in [7, 11) is 0. The molecule has 0 saturated heterocycles. The average molecular weight is 322 g/mol. The van der Waals surface area contributed by atoms with Crippen LogP contribution in [0.1, 0.15) is 37.7 Å². The number of carboxylic acid groups (broad SMARTS) is 1. The van der Waals surface area contributed by atoms with E-state index in [1.54, 1.807) is 25.1 Å². The number of hydrogen-bond acceptors (Lipinski definition) is 6. The van der Waals surface area contributed by atoms with Gasteiger partial charge >= 0.3 is 11.9 Å². The molecule has 7 heteroatoms. The van der Waals surface area contributed by atoms with Gasteiger partial charge in [-0.1, -0.05) is 6.07 Å². The molecule has 1 N–H and O–H groups in total. The molecule has 1 heterocycles. The van der Waals surface area contributed by atoms with Gasteiger partial charge in [-0.25, -0.2) is 0 Å². The molecule has 0 aliphatic carbocycles. The molecule has 0 radical (unpaired) electrons. The van der Waals surface area contributed by atoms with Gasteiger partial charge < -0.3 is 19.3 Å². The molecule has 1 atom stereocenters. The first-order valence-electron chi connectivity index (χ1n) is 7.28. The molecule has 0 bridgehead atoms. The summed E-state index contributed by atoms with van der Waals surface area (Å²) >= 11 is 0. The number of benzene rings is 1. The average Bonchev–Trinajstić information content (AvgIpc) is 2.93. The molecule has 23 heavy (non-hydrogen) atoms. The zero-order chi connectivity index (χ0) is 16.8. The molecule has 0 saturated carbocycles. The Morgan fingerprint density at radius 3 is 2.65 bits per heavy atom. The number of Topliss-reactive ketones (excluding diaryl/α,β-unsaturated/α-hetero) is 1. The Balaban J connectivity index is 2.09. The quantitative estimate of drug-likeness (QED) is 0.576. The Morgan fingerprint density at radius 2 is 1.96 bits per heavy atom. The van der Waals surface area contributed by atoms with Gasteiger partial charge in [-0.3, -0.25) is 14.4 Å². The molecular formula is C16H18O7. The summed E-state index contributed by atoms with van der Waals surface area (Å²) in [5.74, 6) is -1.40. The van der Waals surface area contributed by atoms with E-state index in [1.807, 2.05) is 0 Å². The first-order chi connectivity index (χ1) is 11.0. The van der Waals surface area contributed by atoms with Crippen molar-refractivity contribution in [2.24, 2.45) is 0 Å². The largest absolute Gasteiger partial charge is 0.481 e. The fraction of sp³-hybridized carbons (Fsp3) is 0.438. The van der Waals surface area contributed by atoms with Crippen molar-refractivity contribution >= 4 is 17.7 Å². The minimum atomic E-state index is -1.02. The van der Waals surface area contributed by atoms with Gasteiger partial charge in [0, 0.05) is 12.3 Å². The van der Waals surface area contributed by atoms with Gasteiger partial charge in [-0.2, -0.15) is 0 Å². The lowest BCUT2D eigenvalue weighted by Gasteiger charge is -2.15. The highest BCUT2D eigenvalue weighted by Gasteiger charge is 2.23. The smallest absolute Gasteiger partial charge is 0.313 e. The first kappa shape index (κ1) is 16.8. The number of rotatable bonds is 8. The van der Waals surface area contributed by atoms with Crippen LogP contribution in [0.2, 0.25) is 0 Å². The normalized spacial score (nSPS) is 13.4. The molecule has 0 fully saturated rings. The SMILES string of the molecule is CCOC(=O)CC(=O)CC(CC(=O)O)c1ccc2c(c1)OCO2. The third-order valence-electron chi connectivity index (χ3n) is 3.41. The minimum absolute atomic E-state index is 0.0508. The van der Waals surface area contributed by atoms with E-state index in [9.17, 15) is 14.4 Å². The zero-order valence-electron chi connectivity index (χ0n) is 12.7. The number of hydrogen-bond donors (Lipinski definition) is 1. The van der Waals surface area contributed by atoms with Crippen molar-refractivity contribution < 1.29 is 33.7 Å². The molecule has 124 valence electrons. The fourth-order valence-corrected chi connectivity index (χ4v) is 2.41. The molecule has 1 aromatic rings. The number of carbonyl (C=O) groups is 3. The molecule has 7 nitrogen and oxygen atoms in total. The highest BCUT2D eigenvalue weighted by Crippen LogP contribution is 2.36. The third kappa shape index (κ3) is 4.70. The van der Waals surface area contributed by atoms with Gasteiger partial charge in [0.2, 0.25) is 6.79 Å². The summed E-state index contributed by atoms with van der Waals surface area (Å²) < 4.78 is 15.2. The van der Waals surface area contributed by atoms with Crippen LogP contribution >= 0.6 is 0 Å². The van der Waals surface area contributed by atoms with Gasteiger partial charge in [0.15, 0.2) is 11.5 Å². The van der Waals surface area contributed by atoms with Crippen molar-refractivity contribution in [3.05, 3.63) is 23.8 Å². The number of carbonyl (C=O) groups excluding carboxylic acids is 2. The monoisotopic (exact) mass is 322 g/mol. The number of aliphatic carboxylic acids is 1. The summed E-state index contributed by atoms with van der Waals surface area (Å²) in [6.07, 6.45) is -0.618. The summed E-state index contributed by atoms with van der Waals surface area (Å²) in [5.41, 5.74) is 0.661. The van der Waals surface area contributed by atoms with Crippen molar-refractivity contribution in [2.45, 2.75) is 32.1 Å². The number of carboxylic acids is 1. The standard InChI is InChI=1S/C16H18O7/c1-2-21-16(20)8-12(17)5-11(7-15(18)19)10-3-4-13-14(6-10)23-9-22-13/h3-4,6,11H,2,5,7-9H2,1H3,(H,18,19). The van der Waals surface area contributed by atoms with Crippen LogP contribution in [0.4, 0.5) is 0 Å². The lowest BCUT2D eigenvalue weighted by atomic mass is 9.90. The third-order valence-corrected chi connectivity index (χ3v) is 3.41. The molecular weight excluding hydrogens is 304 g/mol. The predicted octanol–water partition coefficient (Wildman–Crippen LogP) is 1.89. The van der Waals surface area contributed by atoms with Crippen LogP contribution in [-0.4, -0.2) is 36.2 Å². The maximum absolute atomic E-state index is 12.0. The van der Waals surface area contributed by atoms with Gasteiger partial charge in [-0.05, 0) is 24.6 Å². The number of fused-ring (bicyclic) bond motifs is 1. The van der Waals surface area contributed by atoms with Crippen LogP contribution in [-0.2, 0) is 19.1 Å². The van der Waals surface area contributed by atoms with Gasteiger partial charge in [-0.15, -0.1) is 0 Å². The molecule has 1 aliphatic heterocycles. The summed E-state index contributed by atoms with van der Waals surface area (Å²) in [6, 6.07) is 5.06. The van der Waals surface area contributed by atoms with Crippen LogP contribution < -0.4 is 9.47 Å². The van der Waals surface area contributed by atoms with E-state index in [2.05, 4.69) is 0 Å². The van der Waals surface area contributed by atoms with E-state index in [0.717, 1.165) is 0 Å². The van der Waals surface area contributed by atoms with E-state index in [0.29, 0.717) is 17.1 Å². The highest BCUT2D eigenvalue weighted by atomic mass is 16.7. The van der Waals surface area contributed by atoms with Crippen molar-refractivity contribution in [1.29, 1.82) is 0 Å². The van der Waals surface area contributed by atoms with Crippen molar-refractivity contribution in [3.63, 3.8) is 0 Å². The van der Waals surface area contributed by atoms with E-state index < -0.39 is 17.9 Å². The second-order valence-electron chi connectivity index (χ2n) is 5.13. The first-order valence-corrected chi connectivity index (χ1v) is 7.28. The van der Waals surface area contributed by atoms with Crippen LogP contribution in [0.3, 0.4) is 0 Å². The summed E-state index contributed by atoms with van der Waals surface area (Å²) in [5, 5.41) is 9.06. The van der Waals surface area contributed by atoms with Crippen molar-refractivity contribution in [2.75, 3.05) is 13.4 Å². The lowest BCUT2D eigenvalue weighted by molar-refractivity contribution is -0.145. The number of esters is 1. The van der Waals surface area contributed by atoms with E-state index >= 15 is 0 Å². The Bertz CT molecular complexity index is 608. The van der Waals surface area contributed by atoms with Gasteiger partial charge in [0.25, 0.3) is 0 Å². The Kier molecular flexibility index (Phi) is 5.56. The topological polar surface area (TPSA) is 99.1 Å². The van der Waals surface area contributed by atoms with Gasteiger partial charge in [0.1, 0.15) is 12.2 Å². The highest BCUT2D eigenvalue weighted by molar-refractivity contribution is 5.96. The molecule has 0 aromatic heterocycles. The predicted molar refractivity (Wildman–Crippen MR) is 78.4 cm³/mol. The van der Waals surface area contributed by atoms with Crippen molar-refractivity contribution in [3.8, 4) is 11.5 Å². The molecule has 1 aliphatic rings. The van der Waals surface area contributed by atoms with Crippen LogP contribution in [0.25, 0.3) is 0 Å². The molecule has 0 amide bonds. The molecule has 1 unspecified atom stereocenters. The maximum Gasteiger partial charge on any atom is 0.313 e. The van der Waals surface area contributed by atoms with Crippen molar-refractivity contribution in [1.82, 2.24) is 0 Å². The Morgan fingerprint density at radius 1 is 1.22 bits per heavy atom. The fourth-order valence-electron chi connectivity index (χ4n) is 2.41. The Hall–Kier alpha value is -2.57. The summed E-state index contributed by atoms with van der Waals surface area (Å²) in [4.78, 5) is 34.4. The summed E-state index contributed by atoms with van der Waals surface area (Å²) in [6.45, 7) is 1.97. The van der Waals surface area contributed by atoms with E-state index in [1.165, 1.54) is 0 Å².